The van der Waals surface area contributed by atoms with Crippen molar-refractivity contribution in [2.75, 3.05) is 0 Å². The van der Waals surface area contributed by atoms with E-state index in [0.717, 1.165) is 44.5 Å². The van der Waals surface area contributed by atoms with Crippen LogP contribution in [0.3, 0.4) is 0 Å². The van der Waals surface area contributed by atoms with Gasteiger partial charge < -0.3 is 4.57 Å². The molecular formula is C41H24N6. The molecule has 1 aliphatic carbocycles. The highest BCUT2D eigenvalue weighted by atomic mass is 15.0. The molecule has 5 aromatic carbocycles. The lowest BCUT2D eigenvalue weighted by Crippen LogP contribution is -2.01. The summed E-state index contributed by atoms with van der Waals surface area (Å²) in [5.41, 5.74) is 11.5. The Morgan fingerprint density at radius 3 is 1.70 bits per heavy atom. The molecule has 10 rings (SSSR count). The number of hydrogen-bond donors (Lipinski definition) is 0. The lowest BCUT2D eigenvalue weighted by atomic mass is 9.95. The Bertz CT molecular complexity index is 2620. The van der Waals surface area contributed by atoms with Gasteiger partial charge in [0.15, 0.2) is 17.5 Å². The van der Waals surface area contributed by atoms with E-state index in [1.54, 1.807) is 0 Å². The molecule has 0 amide bonds. The van der Waals surface area contributed by atoms with Crippen LogP contribution in [0.2, 0.25) is 0 Å². The molecule has 0 atom stereocenters. The maximum absolute atomic E-state index is 4.99. The SMILES string of the molecule is c1ccc(-c2nc(-c3ccccc3)nc(-c3cccc(-n4c5cncc6c5c5c7c(cccc7ncc54)-c4ccccc4-6)c3)n2)cc1. The Hall–Kier alpha value is -6.53. The fraction of sp³-hybridized carbons (Fsp3) is 0. The minimum absolute atomic E-state index is 0.611. The molecule has 218 valence electrons. The van der Waals surface area contributed by atoms with Crippen LogP contribution in [0.1, 0.15) is 0 Å². The van der Waals surface area contributed by atoms with Crippen molar-refractivity contribution in [2.24, 2.45) is 0 Å². The summed E-state index contributed by atoms with van der Waals surface area (Å²) in [4.78, 5) is 24.6. The highest BCUT2D eigenvalue weighted by Gasteiger charge is 2.25. The molecule has 0 unspecified atom stereocenters. The monoisotopic (exact) mass is 600 g/mol. The van der Waals surface area contributed by atoms with Crippen LogP contribution < -0.4 is 0 Å². The summed E-state index contributed by atoms with van der Waals surface area (Å²) in [6, 6.07) is 43.5. The van der Waals surface area contributed by atoms with Crippen LogP contribution in [0.25, 0.3) is 94.8 Å². The predicted octanol–water partition coefficient (Wildman–Crippen LogP) is 9.56. The molecule has 0 bridgehead atoms. The summed E-state index contributed by atoms with van der Waals surface area (Å²) in [5.74, 6) is 1.88. The molecular weight excluding hydrogens is 576 g/mol. The Kier molecular flexibility index (Phi) is 5.48. The lowest BCUT2D eigenvalue weighted by molar-refractivity contribution is 1.07. The van der Waals surface area contributed by atoms with Gasteiger partial charge in [0.25, 0.3) is 0 Å². The molecule has 1 aliphatic rings. The number of pyridine rings is 2. The van der Waals surface area contributed by atoms with E-state index >= 15 is 0 Å². The van der Waals surface area contributed by atoms with Crippen LogP contribution >= 0.6 is 0 Å². The topological polar surface area (TPSA) is 69.4 Å². The van der Waals surface area contributed by atoms with E-state index < -0.39 is 0 Å². The number of benzene rings is 5. The highest BCUT2D eigenvalue weighted by molar-refractivity contribution is 6.29. The Morgan fingerprint density at radius 1 is 0.404 bits per heavy atom. The van der Waals surface area contributed by atoms with Gasteiger partial charge in [-0.25, -0.2) is 15.0 Å². The molecule has 6 nitrogen and oxygen atoms in total. The maximum Gasteiger partial charge on any atom is 0.164 e. The third-order valence-corrected chi connectivity index (χ3v) is 9.10. The number of hydrogen-bond acceptors (Lipinski definition) is 5. The van der Waals surface area contributed by atoms with Gasteiger partial charge in [-0.1, -0.05) is 109 Å². The minimum Gasteiger partial charge on any atom is -0.306 e. The Labute approximate surface area is 269 Å². The van der Waals surface area contributed by atoms with Gasteiger partial charge in [0, 0.05) is 50.3 Å². The standard InChI is InChI=1S/C41H24N6/c1-3-11-25(12-4-1)39-44-40(26-13-5-2-6-14-26)46-41(45-39)27-15-9-16-28(21-27)47-34-23-42-22-32-30-18-8-7-17-29(30)31-19-10-20-33-36(31)38(37(32)34)35(47)24-43-33/h1-24H. The van der Waals surface area contributed by atoms with Gasteiger partial charge in [-0.2, -0.15) is 0 Å². The van der Waals surface area contributed by atoms with Crippen molar-refractivity contribution in [3.05, 3.63) is 146 Å². The van der Waals surface area contributed by atoms with E-state index in [9.17, 15) is 0 Å². The van der Waals surface area contributed by atoms with Crippen molar-refractivity contribution in [2.45, 2.75) is 0 Å². The maximum atomic E-state index is 4.99. The molecule has 0 aliphatic heterocycles. The summed E-state index contributed by atoms with van der Waals surface area (Å²) in [5, 5.41) is 3.54. The second-order valence-electron chi connectivity index (χ2n) is 11.8. The molecule has 0 saturated heterocycles. The second-order valence-corrected chi connectivity index (χ2v) is 11.8. The predicted molar refractivity (Wildman–Crippen MR) is 188 cm³/mol. The van der Waals surface area contributed by atoms with E-state index in [2.05, 4.69) is 71.3 Å². The van der Waals surface area contributed by atoms with E-state index in [1.807, 2.05) is 79.3 Å². The van der Waals surface area contributed by atoms with Crippen LogP contribution in [-0.2, 0) is 0 Å². The summed E-state index contributed by atoms with van der Waals surface area (Å²) in [7, 11) is 0. The van der Waals surface area contributed by atoms with Crippen LogP contribution in [-0.4, -0.2) is 29.5 Å². The zero-order chi connectivity index (χ0) is 30.9. The zero-order valence-electron chi connectivity index (χ0n) is 25.0. The largest absolute Gasteiger partial charge is 0.306 e. The van der Waals surface area contributed by atoms with E-state index in [4.69, 9.17) is 24.9 Å². The third kappa shape index (κ3) is 3.88. The van der Waals surface area contributed by atoms with Crippen LogP contribution in [0.5, 0.6) is 0 Å². The van der Waals surface area contributed by atoms with Crippen molar-refractivity contribution in [3.8, 4) is 62.1 Å². The summed E-state index contributed by atoms with van der Waals surface area (Å²) in [6.07, 6.45) is 5.97. The molecule has 0 fully saturated rings. The summed E-state index contributed by atoms with van der Waals surface area (Å²) < 4.78 is 2.28. The smallest absolute Gasteiger partial charge is 0.164 e. The highest BCUT2D eigenvalue weighted by Crippen LogP contribution is 2.48. The van der Waals surface area contributed by atoms with Gasteiger partial charge in [-0.15, -0.1) is 0 Å². The molecule has 47 heavy (non-hydrogen) atoms. The van der Waals surface area contributed by atoms with Gasteiger partial charge in [0.1, 0.15) is 0 Å². The average molecular weight is 601 g/mol. The van der Waals surface area contributed by atoms with E-state index in [-0.39, 0.29) is 0 Å². The van der Waals surface area contributed by atoms with E-state index in [1.165, 1.54) is 32.8 Å². The molecule has 4 heterocycles. The molecule has 9 aromatic rings. The average Bonchev–Trinajstić information content (AvgIpc) is 3.43. The molecule has 0 radical (unpaired) electrons. The van der Waals surface area contributed by atoms with Crippen LogP contribution in [0, 0.1) is 0 Å². The van der Waals surface area contributed by atoms with Gasteiger partial charge in [-0.05, 0) is 34.9 Å². The van der Waals surface area contributed by atoms with E-state index in [0.29, 0.717) is 17.5 Å². The minimum atomic E-state index is 0.611. The van der Waals surface area contributed by atoms with Crippen LogP contribution in [0.15, 0.2) is 146 Å². The van der Waals surface area contributed by atoms with Gasteiger partial charge in [-0.3, -0.25) is 9.97 Å². The Balaban J connectivity index is 1.24. The fourth-order valence-corrected chi connectivity index (χ4v) is 7.05. The van der Waals surface area contributed by atoms with Crippen molar-refractivity contribution in [1.82, 2.24) is 29.5 Å². The molecule has 0 N–H and O–H groups in total. The van der Waals surface area contributed by atoms with Crippen LogP contribution in [0.4, 0.5) is 0 Å². The first kappa shape index (κ1) is 25.8. The summed E-state index contributed by atoms with van der Waals surface area (Å²) >= 11 is 0. The second kappa shape index (κ2) is 9.99. The number of aromatic nitrogens is 6. The third-order valence-electron chi connectivity index (χ3n) is 9.10. The first-order valence-corrected chi connectivity index (χ1v) is 15.6. The number of nitrogens with zero attached hydrogens (tertiary/aromatic N) is 6. The number of fused-ring (bicyclic) bond motifs is 3. The summed E-state index contributed by atoms with van der Waals surface area (Å²) in [6.45, 7) is 0. The molecule has 0 saturated carbocycles. The molecule has 6 heteroatoms. The lowest BCUT2D eigenvalue weighted by Gasteiger charge is -2.14. The Morgan fingerprint density at radius 2 is 0.979 bits per heavy atom. The molecule has 0 spiro atoms. The first-order valence-electron chi connectivity index (χ1n) is 15.6. The molecule has 4 aromatic heterocycles. The normalized spacial score (nSPS) is 11.8. The number of rotatable bonds is 4. The van der Waals surface area contributed by atoms with Gasteiger partial charge in [0.05, 0.1) is 28.9 Å². The first-order chi connectivity index (χ1) is 23.3. The van der Waals surface area contributed by atoms with Crippen molar-refractivity contribution < 1.29 is 0 Å². The van der Waals surface area contributed by atoms with Crippen molar-refractivity contribution in [3.63, 3.8) is 0 Å². The van der Waals surface area contributed by atoms with Gasteiger partial charge in [0.2, 0.25) is 0 Å². The van der Waals surface area contributed by atoms with Crippen molar-refractivity contribution >= 4 is 32.7 Å². The quantitative estimate of drug-likeness (QED) is 0.201. The fourth-order valence-electron chi connectivity index (χ4n) is 7.05. The van der Waals surface area contributed by atoms with Gasteiger partial charge >= 0.3 is 0 Å². The zero-order valence-corrected chi connectivity index (χ0v) is 25.0. The van der Waals surface area contributed by atoms with Crippen molar-refractivity contribution in [1.29, 1.82) is 0 Å².